The second kappa shape index (κ2) is 6.64. The second-order valence-electron chi connectivity index (χ2n) is 4.38. The number of hydrogen-bond donors (Lipinski definition) is 0. The first-order chi connectivity index (χ1) is 10.3. The molecule has 1 aromatic heterocycles. The number of carbonyl (C=O) groups excluding carboxylic acids is 2. The van der Waals surface area contributed by atoms with Crippen molar-refractivity contribution in [1.29, 1.82) is 0 Å². The Bertz CT molecular complexity index is 824. The summed E-state index contributed by atoms with van der Waals surface area (Å²) in [4.78, 5) is 28.4. The predicted molar refractivity (Wildman–Crippen MR) is 86.3 cm³/mol. The molecule has 0 saturated heterocycles. The highest BCUT2D eigenvalue weighted by molar-refractivity contribution is 7.09. The highest BCUT2D eigenvalue weighted by Gasteiger charge is 2.17. The first-order valence-corrected chi connectivity index (χ1v) is 7.79. The van der Waals surface area contributed by atoms with Crippen LogP contribution in [0.25, 0.3) is 0 Å². The van der Waals surface area contributed by atoms with Crippen molar-refractivity contribution in [3.63, 3.8) is 0 Å². The molecule has 0 spiro atoms. The van der Waals surface area contributed by atoms with Crippen LogP contribution in [0.5, 0.6) is 5.88 Å². The van der Waals surface area contributed by atoms with Gasteiger partial charge in [-0.15, -0.1) is 0 Å². The number of nitrogens with zero attached hydrogens (tertiary/aromatic N) is 2. The third-order valence-corrected chi connectivity index (χ3v) is 4.39. The molecule has 0 N–H and O–H groups in total. The summed E-state index contributed by atoms with van der Waals surface area (Å²) in [7, 11) is 0. The maximum absolute atomic E-state index is 11.9. The van der Waals surface area contributed by atoms with Gasteiger partial charge in [-0.1, -0.05) is 40.6 Å². The van der Waals surface area contributed by atoms with Gasteiger partial charge in [-0.05, 0) is 19.1 Å². The molecule has 8 heteroatoms. The molecule has 2 aromatic rings. The van der Waals surface area contributed by atoms with Crippen molar-refractivity contribution in [2.24, 2.45) is 4.99 Å². The average Bonchev–Trinajstić information content (AvgIpc) is 2.71. The first kappa shape index (κ1) is 16.7. The highest BCUT2D eigenvalue weighted by atomic mass is 35.5. The third-order valence-electron chi connectivity index (χ3n) is 2.64. The van der Waals surface area contributed by atoms with Gasteiger partial charge in [0, 0.05) is 13.8 Å². The van der Waals surface area contributed by atoms with E-state index in [0.717, 1.165) is 0 Å². The number of benzene rings is 1. The van der Waals surface area contributed by atoms with Crippen molar-refractivity contribution >= 4 is 52.1 Å². The van der Waals surface area contributed by atoms with Crippen LogP contribution in [0.4, 0.5) is 5.69 Å². The van der Waals surface area contributed by atoms with Gasteiger partial charge in [0.2, 0.25) is 11.8 Å². The summed E-state index contributed by atoms with van der Waals surface area (Å²) in [5.41, 5.74) is 0.430. The van der Waals surface area contributed by atoms with Crippen molar-refractivity contribution in [2.75, 3.05) is 0 Å². The quantitative estimate of drug-likeness (QED) is 0.762. The number of hydrogen-bond acceptors (Lipinski definition) is 5. The lowest BCUT2D eigenvalue weighted by Gasteiger charge is -2.05. The minimum absolute atomic E-state index is 0.168. The van der Waals surface area contributed by atoms with Crippen LogP contribution in [-0.4, -0.2) is 16.4 Å². The normalized spacial score (nSPS) is 11.6. The maximum Gasteiger partial charge on any atom is 0.309 e. The van der Waals surface area contributed by atoms with E-state index in [1.807, 2.05) is 0 Å². The van der Waals surface area contributed by atoms with Crippen LogP contribution in [0.15, 0.2) is 23.2 Å². The molecule has 2 rings (SSSR count). The van der Waals surface area contributed by atoms with Crippen LogP contribution in [0.3, 0.4) is 0 Å². The van der Waals surface area contributed by atoms with Gasteiger partial charge in [0.15, 0.2) is 4.80 Å². The molecule has 0 aliphatic rings. The van der Waals surface area contributed by atoms with E-state index < -0.39 is 5.97 Å². The van der Waals surface area contributed by atoms with Gasteiger partial charge < -0.3 is 4.74 Å². The minimum Gasteiger partial charge on any atom is -0.408 e. The van der Waals surface area contributed by atoms with Gasteiger partial charge in [-0.2, -0.15) is 0 Å². The van der Waals surface area contributed by atoms with Crippen molar-refractivity contribution in [3.8, 4) is 5.88 Å². The fourth-order valence-corrected chi connectivity index (χ4v) is 3.04. The molecule has 116 valence electrons. The molecule has 0 radical (unpaired) electrons. The number of esters is 1. The van der Waals surface area contributed by atoms with Gasteiger partial charge in [0.1, 0.15) is 0 Å². The highest BCUT2D eigenvalue weighted by Crippen LogP contribution is 2.31. The summed E-state index contributed by atoms with van der Waals surface area (Å²) in [6.07, 6.45) is 0. The molecule has 0 saturated carbocycles. The Kier molecular flexibility index (Phi) is 5.05. The molecule has 0 atom stereocenters. The Hall–Kier alpha value is -1.63. The molecule has 0 unspecified atom stereocenters. The summed E-state index contributed by atoms with van der Waals surface area (Å²) < 4.78 is 6.34. The van der Waals surface area contributed by atoms with E-state index in [1.165, 1.54) is 29.8 Å². The molecular formula is C14H12Cl2N2O3S. The second-order valence-corrected chi connectivity index (χ2v) is 6.35. The summed E-state index contributed by atoms with van der Waals surface area (Å²) in [6, 6.07) is 5.03. The smallest absolute Gasteiger partial charge is 0.309 e. The summed E-state index contributed by atoms with van der Waals surface area (Å²) in [5.74, 6) is -0.664. The zero-order valence-corrected chi connectivity index (χ0v) is 14.3. The van der Waals surface area contributed by atoms with E-state index >= 15 is 0 Å². The number of halogens is 2. The number of aryl methyl sites for hydroxylation is 1. The van der Waals surface area contributed by atoms with Crippen molar-refractivity contribution < 1.29 is 14.3 Å². The molecule has 22 heavy (non-hydrogen) atoms. The monoisotopic (exact) mass is 358 g/mol. The zero-order chi connectivity index (χ0) is 16.4. The Balaban J connectivity index is 2.70. The molecular weight excluding hydrogens is 347 g/mol. The van der Waals surface area contributed by atoms with Crippen LogP contribution >= 0.6 is 34.5 Å². The van der Waals surface area contributed by atoms with Crippen LogP contribution in [0, 0.1) is 6.92 Å². The zero-order valence-electron chi connectivity index (χ0n) is 12.0. The SMILES string of the molecule is CC(=O)Oc1c(C)sc(=Nc2cccc(Cl)c2Cl)n1C(C)=O. The standard InChI is InChI=1S/C14H12Cl2N2O3S/c1-7-13(21-9(3)20)18(8(2)19)14(22-7)17-11-6-4-5-10(15)12(11)16/h4-6H,1-3H3. The van der Waals surface area contributed by atoms with Gasteiger partial charge >= 0.3 is 5.97 Å². The lowest BCUT2D eigenvalue weighted by molar-refractivity contribution is -0.132. The van der Waals surface area contributed by atoms with Crippen molar-refractivity contribution in [2.45, 2.75) is 20.8 Å². The van der Waals surface area contributed by atoms with Gasteiger partial charge in [0.05, 0.1) is 20.6 Å². The minimum atomic E-state index is -0.511. The van der Waals surface area contributed by atoms with E-state index in [9.17, 15) is 9.59 Å². The molecule has 5 nitrogen and oxygen atoms in total. The molecule has 0 fully saturated rings. The van der Waals surface area contributed by atoms with Crippen LogP contribution < -0.4 is 9.54 Å². The number of carbonyl (C=O) groups is 2. The Labute approximate surface area is 140 Å². The van der Waals surface area contributed by atoms with Gasteiger partial charge in [-0.3, -0.25) is 9.59 Å². The van der Waals surface area contributed by atoms with E-state index in [1.54, 1.807) is 25.1 Å². The van der Waals surface area contributed by atoms with E-state index in [0.29, 0.717) is 25.4 Å². The van der Waals surface area contributed by atoms with E-state index in [4.69, 9.17) is 27.9 Å². The van der Waals surface area contributed by atoms with E-state index in [2.05, 4.69) is 4.99 Å². The molecule has 0 amide bonds. The lowest BCUT2D eigenvalue weighted by atomic mass is 10.3. The topological polar surface area (TPSA) is 60.7 Å². The van der Waals surface area contributed by atoms with Gasteiger partial charge in [-0.25, -0.2) is 9.56 Å². The van der Waals surface area contributed by atoms with Crippen LogP contribution in [0.2, 0.25) is 10.0 Å². The first-order valence-electron chi connectivity index (χ1n) is 6.21. The third kappa shape index (κ3) is 3.40. The maximum atomic E-state index is 11.9. The largest absolute Gasteiger partial charge is 0.408 e. The summed E-state index contributed by atoms with van der Waals surface area (Å²) in [6.45, 7) is 4.37. The number of rotatable bonds is 2. The van der Waals surface area contributed by atoms with Crippen molar-refractivity contribution in [1.82, 2.24) is 4.57 Å². The number of aromatic nitrogens is 1. The molecule has 1 aromatic carbocycles. The molecule has 1 heterocycles. The molecule has 0 bridgehead atoms. The Morgan fingerprint density at radius 3 is 2.55 bits per heavy atom. The molecule has 0 aliphatic carbocycles. The lowest BCUT2D eigenvalue weighted by Crippen LogP contribution is -2.22. The van der Waals surface area contributed by atoms with Crippen molar-refractivity contribution in [3.05, 3.63) is 37.9 Å². The Morgan fingerprint density at radius 2 is 1.95 bits per heavy atom. The van der Waals surface area contributed by atoms with E-state index in [-0.39, 0.29) is 11.8 Å². The fraction of sp³-hybridized carbons (Fsp3) is 0.214. The summed E-state index contributed by atoms with van der Waals surface area (Å²) >= 11 is 13.3. The van der Waals surface area contributed by atoms with Crippen LogP contribution in [-0.2, 0) is 4.79 Å². The fourth-order valence-electron chi connectivity index (χ4n) is 1.76. The Morgan fingerprint density at radius 1 is 1.27 bits per heavy atom. The number of ether oxygens (including phenoxy) is 1. The molecule has 0 aliphatic heterocycles. The predicted octanol–water partition coefficient (Wildman–Crippen LogP) is 3.98. The van der Waals surface area contributed by atoms with Gasteiger partial charge in [0.25, 0.3) is 0 Å². The number of thiazole rings is 1. The average molecular weight is 359 g/mol. The summed E-state index contributed by atoms with van der Waals surface area (Å²) in [5, 5.41) is 0.658. The van der Waals surface area contributed by atoms with Crippen LogP contribution in [0.1, 0.15) is 23.5 Å².